The van der Waals surface area contributed by atoms with Gasteiger partial charge in [-0.05, 0) is 18.4 Å². The molecule has 1 aromatic rings. The lowest BCUT2D eigenvalue weighted by Gasteiger charge is -2.22. The number of rotatable bonds is 3. The van der Waals surface area contributed by atoms with Gasteiger partial charge >= 0.3 is 6.03 Å². The monoisotopic (exact) mass is 263 g/mol. The van der Waals surface area contributed by atoms with E-state index in [1.807, 2.05) is 30.3 Å². The van der Waals surface area contributed by atoms with Gasteiger partial charge in [0, 0.05) is 13.1 Å². The smallest absolute Gasteiger partial charge is 0.318 e. The highest BCUT2D eigenvalue weighted by atomic mass is 32.1. The zero-order valence-corrected chi connectivity index (χ0v) is 11.0. The first-order valence-electron chi connectivity index (χ1n) is 6.08. The number of hydrogen-bond acceptors (Lipinski definition) is 2. The van der Waals surface area contributed by atoms with Crippen molar-refractivity contribution in [2.24, 2.45) is 5.73 Å². The summed E-state index contributed by atoms with van der Waals surface area (Å²) in [5, 5.41) is 2.90. The largest absolute Gasteiger partial charge is 0.391 e. The van der Waals surface area contributed by atoms with Gasteiger partial charge in [0.15, 0.2) is 0 Å². The number of nitrogens with two attached hydrogens (primary N) is 1. The molecule has 1 atom stereocenters. The van der Waals surface area contributed by atoms with Crippen molar-refractivity contribution in [3.8, 4) is 0 Å². The third-order valence-electron chi connectivity index (χ3n) is 3.08. The zero-order chi connectivity index (χ0) is 13.0. The van der Waals surface area contributed by atoms with Crippen LogP contribution in [0.15, 0.2) is 30.3 Å². The van der Waals surface area contributed by atoms with Crippen LogP contribution < -0.4 is 11.1 Å². The minimum atomic E-state index is -0.394. The topological polar surface area (TPSA) is 58.4 Å². The summed E-state index contributed by atoms with van der Waals surface area (Å²) in [5.41, 5.74) is 6.63. The number of amides is 2. The van der Waals surface area contributed by atoms with Gasteiger partial charge < -0.3 is 16.0 Å². The third kappa shape index (κ3) is 2.98. The van der Waals surface area contributed by atoms with Crippen molar-refractivity contribution in [2.75, 3.05) is 13.1 Å². The Morgan fingerprint density at radius 1 is 1.28 bits per heavy atom. The number of hydrogen-bond donors (Lipinski definition) is 2. The first-order chi connectivity index (χ1) is 8.68. The Morgan fingerprint density at radius 2 is 1.89 bits per heavy atom. The van der Waals surface area contributed by atoms with E-state index < -0.39 is 6.04 Å². The molecule has 0 radical (unpaired) electrons. The number of thiocarbonyl (C=S) groups is 1. The lowest BCUT2D eigenvalue weighted by atomic mass is 10.1. The Labute approximate surface area is 112 Å². The molecule has 1 fully saturated rings. The Hall–Kier alpha value is -1.62. The Bertz CT molecular complexity index is 429. The van der Waals surface area contributed by atoms with Gasteiger partial charge in [-0.2, -0.15) is 0 Å². The summed E-state index contributed by atoms with van der Waals surface area (Å²) in [4.78, 5) is 14.1. The molecule has 0 saturated carbocycles. The van der Waals surface area contributed by atoms with Crippen molar-refractivity contribution in [1.82, 2.24) is 10.2 Å². The maximum absolute atomic E-state index is 12.0. The van der Waals surface area contributed by atoms with Crippen molar-refractivity contribution in [3.05, 3.63) is 35.9 Å². The number of carbonyl (C=O) groups is 1. The summed E-state index contributed by atoms with van der Waals surface area (Å²) in [6, 6.07) is 9.07. The molecule has 0 aromatic heterocycles. The van der Waals surface area contributed by atoms with Gasteiger partial charge in [0.1, 0.15) is 11.0 Å². The maximum Gasteiger partial charge on any atom is 0.318 e. The van der Waals surface area contributed by atoms with Crippen molar-refractivity contribution < 1.29 is 4.79 Å². The molecule has 96 valence electrons. The molecule has 3 N–H and O–H groups in total. The number of urea groups is 1. The molecule has 0 spiro atoms. The molecule has 1 aromatic carbocycles. The van der Waals surface area contributed by atoms with E-state index in [0.717, 1.165) is 31.5 Å². The molecule has 1 aliphatic heterocycles. The van der Waals surface area contributed by atoms with E-state index >= 15 is 0 Å². The van der Waals surface area contributed by atoms with Crippen molar-refractivity contribution >= 4 is 23.2 Å². The van der Waals surface area contributed by atoms with Crippen LogP contribution in [0.25, 0.3) is 0 Å². The third-order valence-corrected chi connectivity index (χ3v) is 3.31. The van der Waals surface area contributed by atoms with Crippen LogP contribution in [0.3, 0.4) is 0 Å². The number of nitrogens with one attached hydrogen (secondary N) is 1. The van der Waals surface area contributed by atoms with Crippen molar-refractivity contribution in [3.63, 3.8) is 0 Å². The van der Waals surface area contributed by atoms with E-state index in [9.17, 15) is 4.79 Å². The van der Waals surface area contributed by atoms with E-state index in [1.54, 1.807) is 4.90 Å². The first kappa shape index (κ1) is 12.8. The average molecular weight is 263 g/mol. The highest BCUT2D eigenvalue weighted by Crippen LogP contribution is 2.15. The van der Waals surface area contributed by atoms with Crippen LogP contribution in [0.4, 0.5) is 4.79 Å². The van der Waals surface area contributed by atoms with Gasteiger partial charge in [-0.3, -0.25) is 0 Å². The quantitative estimate of drug-likeness (QED) is 0.818. The van der Waals surface area contributed by atoms with Crippen LogP contribution in [-0.4, -0.2) is 29.0 Å². The Morgan fingerprint density at radius 3 is 2.44 bits per heavy atom. The molecule has 1 unspecified atom stereocenters. The molecular weight excluding hydrogens is 246 g/mol. The second-order valence-corrected chi connectivity index (χ2v) is 4.86. The summed E-state index contributed by atoms with van der Waals surface area (Å²) >= 11 is 5.04. The molecule has 5 heteroatoms. The molecule has 0 aliphatic carbocycles. The fourth-order valence-corrected chi connectivity index (χ4v) is 2.29. The molecule has 2 amide bonds. The molecule has 0 bridgehead atoms. The van der Waals surface area contributed by atoms with Crippen LogP contribution in [-0.2, 0) is 0 Å². The summed E-state index contributed by atoms with van der Waals surface area (Å²) < 4.78 is 0. The maximum atomic E-state index is 12.0. The van der Waals surface area contributed by atoms with Gasteiger partial charge in [0.05, 0.1) is 0 Å². The number of benzene rings is 1. The normalized spacial score (nSPS) is 16.3. The molecule has 1 aliphatic rings. The SMILES string of the molecule is NC(=S)C(NC(=O)N1CCCC1)c1ccccc1. The number of nitrogens with zero attached hydrogens (tertiary/aromatic N) is 1. The Balaban J connectivity index is 2.07. The van der Waals surface area contributed by atoms with Gasteiger partial charge in [0.25, 0.3) is 0 Å². The lowest BCUT2D eigenvalue weighted by Crippen LogP contribution is -2.43. The second-order valence-electron chi connectivity index (χ2n) is 4.39. The highest BCUT2D eigenvalue weighted by molar-refractivity contribution is 7.80. The summed E-state index contributed by atoms with van der Waals surface area (Å²) in [6.45, 7) is 1.62. The number of carbonyl (C=O) groups excluding carboxylic acids is 1. The van der Waals surface area contributed by atoms with E-state index in [4.69, 9.17) is 18.0 Å². The van der Waals surface area contributed by atoms with Gasteiger partial charge in [0.2, 0.25) is 0 Å². The fraction of sp³-hybridized carbons (Fsp3) is 0.385. The molecule has 2 rings (SSSR count). The van der Waals surface area contributed by atoms with Gasteiger partial charge in [-0.25, -0.2) is 4.79 Å². The van der Waals surface area contributed by atoms with Gasteiger partial charge in [-0.1, -0.05) is 42.5 Å². The van der Waals surface area contributed by atoms with E-state index in [2.05, 4.69) is 5.32 Å². The van der Waals surface area contributed by atoms with Crippen molar-refractivity contribution in [1.29, 1.82) is 0 Å². The van der Waals surface area contributed by atoms with Gasteiger partial charge in [-0.15, -0.1) is 0 Å². The predicted octanol–water partition coefficient (Wildman–Crippen LogP) is 1.82. The second kappa shape index (κ2) is 5.82. The van der Waals surface area contributed by atoms with Crippen LogP contribution in [0.2, 0.25) is 0 Å². The molecule has 1 saturated heterocycles. The van der Waals surface area contributed by atoms with Crippen molar-refractivity contribution in [2.45, 2.75) is 18.9 Å². The molecular formula is C13H17N3OS. The minimum Gasteiger partial charge on any atom is -0.391 e. The highest BCUT2D eigenvalue weighted by Gasteiger charge is 2.22. The molecule has 1 heterocycles. The average Bonchev–Trinajstić information content (AvgIpc) is 2.90. The zero-order valence-electron chi connectivity index (χ0n) is 10.1. The van der Waals surface area contributed by atoms with Crippen LogP contribution in [0, 0.1) is 0 Å². The standard InChI is InChI=1S/C13H17N3OS/c14-12(18)11(10-6-2-1-3-7-10)15-13(17)16-8-4-5-9-16/h1-3,6-7,11H,4-5,8-9H2,(H2,14,18)(H,15,17). The van der Waals surface area contributed by atoms with Crippen LogP contribution in [0.5, 0.6) is 0 Å². The minimum absolute atomic E-state index is 0.0887. The van der Waals surface area contributed by atoms with E-state index in [-0.39, 0.29) is 11.0 Å². The molecule has 4 nitrogen and oxygen atoms in total. The summed E-state index contributed by atoms with van der Waals surface area (Å²) in [5.74, 6) is 0. The van der Waals surface area contributed by atoms with E-state index in [1.165, 1.54) is 0 Å². The lowest BCUT2D eigenvalue weighted by molar-refractivity contribution is 0.207. The summed E-state index contributed by atoms with van der Waals surface area (Å²) in [7, 11) is 0. The summed E-state index contributed by atoms with van der Waals surface area (Å²) in [6.07, 6.45) is 2.13. The molecule has 18 heavy (non-hydrogen) atoms. The fourth-order valence-electron chi connectivity index (χ4n) is 2.10. The van der Waals surface area contributed by atoms with Crippen LogP contribution >= 0.6 is 12.2 Å². The number of likely N-dealkylation sites (tertiary alicyclic amines) is 1. The predicted molar refractivity (Wildman–Crippen MR) is 75.3 cm³/mol. The first-order valence-corrected chi connectivity index (χ1v) is 6.49. The van der Waals surface area contributed by atoms with E-state index in [0.29, 0.717) is 0 Å². The Kier molecular flexibility index (Phi) is 4.15. The van der Waals surface area contributed by atoms with Crippen LogP contribution in [0.1, 0.15) is 24.4 Å².